The van der Waals surface area contributed by atoms with E-state index < -0.39 is 0 Å². The number of aromatic nitrogens is 3. The first kappa shape index (κ1) is 14.9. The Morgan fingerprint density at radius 1 is 1.23 bits per heavy atom. The summed E-state index contributed by atoms with van der Waals surface area (Å²) in [5.74, 6) is 0.475. The molecule has 0 atom stereocenters. The van der Waals surface area contributed by atoms with Crippen molar-refractivity contribution < 1.29 is 0 Å². The monoisotopic (exact) mass is 333 g/mol. The number of fused-ring (bicyclic) bond motifs is 1. The molecule has 0 bridgehead atoms. The lowest BCUT2D eigenvalue weighted by Crippen LogP contribution is -2.08. The van der Waals surface area contributed by atoms with Crippen LogP contribution in [0.15, 0.2) is 45.1 Å². The zero-order valence-electron chi connectivity index (χ0n) is 11.6. The lowest BCUT2D eigenvalue weighted by molar-refractivity contribution is 0.904. The van der Waals surface area contributed by atoms with Gasteiger partial charge in [-0.1, -0.05) is 29.4 Å². The predicted molar refractivity (Wildman–Crippen MR) is 88.7 cm³/mol. The quantitative estimate of drug-likeness (QED) is 0.570. The summed E-state index contributed by atoms with van der Waals surface area (Å²) < 4.78 is 0. The van der Waals surface area contributed by atoms with Crippen molar-refractivity contribution in [2.24, 2.45) is 0 Å². The Balaban J connectivity index is 1.93. The molecular weight excluding hydrogens is 322 g/mol. The zero-order valence-corrected chi connectivity index (χ0v) is 13.2. The largest absolute Gasteiger partial charge is 0.356 e. The van der Waals surface area contributed by atoms with Crippen LogP contribution >= 0.6 is 23.4 Å². The number of aromatic amines is 2. The Bertz CT molecular complexity index is 965. The molecule has 1 aromatic carbocycles. The summed E-state index contributed by atoms with van der Waals surface area (Å²) in [6.45, 7) is 1.76. The molecule has 0 aliphatic carbocycles. The number of pyridine rings is 1. The molecule has 0 aliphatic heterocycles. The van der Waals surface area contributed by atoms with E-state index in [-0.39, 0.29) is 11.0 Å². The van der Waals surface area contributed by atoms with Crippen LogP contribution < -0.4 is 11.0 Å². The molecule has 0 spiro atoms. The summed E-state index contributed by atoms with van der Waals surface area (Å²) in [5, 5.41) is 1.58. The van der Waals surface area contributed by atoms with Gasteiger partial charge in [-0.25, -0.2) is 4.98 Å². The Morgan fingerprint density at radius 3 is 2.82 bits per heavy atom. The second-order valence-corrected chi connectivity index (χ2v) is 6.17. The molecule has 7 heteroatoms. The van der Waals surface area contributed by atoms with Gasteiger partial charge in [-0.15, -0.1) is 0 Å². The average molecular weight is 334 g/mol. The number of nitrogens with zero attached hydrogens (tertiary/aromatic N) is 1. The summed E-state index contributed by atoms with van der Waals surface area (Å²) in [4.78, 5) is 33.6. The van der Waals surface area contributed by atoms with Crippen LogP contribution in [0.4, 0.5) is 0 Å². The number of para-hydroxylation sites is 1. The SMILES string of the molecule is Cc1cc(=O)[nH]c(SCc2cc(=O)c3cccc(Cl)c3[nH]2)n1. The molecule has 0 fully saturated rings. The number of hydrogen-bond acceptors (Lipinski definition) is 4. The molecule has 22 heavy (non-hydrogen) atoms. The van der Waals surface area contributed by atoms with Crippen LogP contribution in [0.3, 0.4) is 0 Å². The van der Waals surface area contributed by atoms with E-state index in [1.807, 2.05) is 0 Å². The van der Waals surface area contributed by atoms with Gasteiger partial charge in [-0.3, -0.25) is 9.59 Å². The van der Waals surface area contributed by atoms with Gasteiger partial charge in [-0.05, 0) is 19.1 Å². The summed E-state index contributed by atoms with van der Waals surface area (Å²) >= 11 is 7.47. The van der Waals surface area contributed by atoms with Crippen molar-refractivity contribution in [1.82, 2.24) is 15.0 Å². The number of nitrogens with one attached hydrogen (secondary N) is 2. The number of H-pyrrole nitrogens is 2. The van der Waals surface area contributed by atoms with Crippen molar-refractivity contribution in [3.05, 3.63) is 67.3 Å². The molecule has 0 aliphatic rings. The molecule has 2 heterocycles. The van der Waals surface area contributed by atoms with Crippen LogP contribution in [0, 0.1) is 6.92 Å². The first-order valence-corrected chi connectivity index (χ1v) is 7.90. The van der Waals surface area contributed by atoms with E-state index in [2.05, 4.69) is 15.0 Å². The van der Waals surface area contributed by atoms with Gasteiger partial charge in [0.05, 0.1) is 10.5 Å². The van der Waals surface area contributed by atoms with E-state index in [1.54, 1.807) is 31.2 Å². The molecule has 2 aromatic heterocycles. The van der Waals surface area contributed by atoms with E-state index in [1.165, 1.54) is 17.8 Å². The number of hydrogen-bond donors (Lipinski definition) is 2. The molecule has 112 valence electrons. The van der Waals surface area contributed by atoms with Gasteiger partial charge in [0.25, 0.3) is 5.56 Å². The summed E-state index contributed by atoms with van der Waals surface area (Å²) in [5.41, 5.74) is 1.72. The first-order chi connectivity index (χ1) is 10.5. The van der Waals surface area contributed by atoms with Crippen LogP contribution in [0.1, 0.15) is 11.4 Å². The van der Waals surface area contributed by atoms with E-state index >= 15 is 0 Å². The highest BCUT2D eigenvalue weighted by molar-refractivity contribution is 7.98. The predicted octanol–water partition coefficient (Wildman–Crippen LogP) is 2.87. The summed E-state index contributed by atoms with van der Waals surface area (Å²) in [7, 11) is 0. The molecular formula is C15H12ClN3O2S. The molecule has 0 unspecified atom stereocenters. The number of rotatable bonds is 3. The second kappa shape index (κ2) is 5.98. The number of halogens is 1. The van der Waals surface area contributed by atoms with Crippen molar-refractivity contribution in [1.29, 1.82) is 0 Å². The van der Waals surface area contributed by atoms with Crippen molar-refractivity contribution in [3.63, 3.8) is 0 Å². The molecule has 3 aromatic rings. The Hall–Kier alpha value is -2.05. The van der Waals surface area contributed by atoms with Gasteiger partial charge in [0.2, 0.25) is 0 Å². The van der Waals surface area contributed by atoms with Crippen LogP contribution in [0.25, 0.3) is 10.9 Å². The van der Waals surface area contributed by atoms with Crippen molar-refractivity contribution in [2.45, 2.75) is 17.8 Å². The van der Waals surface area contributed by atoms with Gasteiger partial charge in [0, 0.05) is 34.7 Å². The van der Waals surface area contributed by atoms with Crippen LogP contribution in [-0.4, -0.2) is 15.0 Å². The number of benzene rings is 1. The Labute approximate surface area is 134 Å². The van der Waals surface area contributed by atoms with Crippen molar-refractivity contribution in [2.75, 3.05) is 0 Å². The molecule has 0 saturated carbocycles. The number of aryl methyl sites for hydroxylation is 1. The van der Waals surface area contributed by atoms with Gasteiger partial charge < -0.3 is 9.97 Å². The third-order valence-electron chi connectivity index (χ3n) is 3.08. The van der Waals surface area contributed by atoms with Crippen LogP contribution in [0.5, 0.6) is 0 Å². The van der Waals surface area contributed by atoms with Gasteiger partial charge in [0.1, 0.15) is 0 Å². The van der Waals surface area contributed by atoms with E-state index in [4.69, 9.17) is 11.6 Å². The molecule has 3 rings (SSSR count). The molecule has 5 nitrogen and oxygen atoms in total. The van der Waals surface area contributed by atoms with Crippen LogP contribution in [0.2, 0.25) is 5.02 Å². The maximum atomic E-state index is 12.1. The minimum Gasteiger partial charge on any atom is -0.356 e. The normalized spacial score (nSPS) is 11.0. The van der Waals surface area contributed by atoms with Gasteiger partial charge in [0.15, 0.2) is 10.6 Å². The fraction of sp³-hybridized carbons (Fsp3) is 0.133. The minimum absolute atomic E-state index is 0.0856. The standard InChI is InChI=1S/C15H12ClN3O2S/c1-8-5-13(21)19-15(17-8)22-7-9-6-12(20)10-3-2-4-11(16)14(10)18-9/h2-6H,7H2,1H3,(H,18,20)(H,17,19,21). The highest BCUT2D eigenvalue weighted by Gasteiger charge is 2.07. The second-order valence-electron chi connectivity index (χ2n) is 4.80. The minimum atomic E-state index is -0.190. The fourth-order valence-corrected chi connectivity index (χ4v) is 3.18. The smallest absolute Gasteiger partial charge is 0.251 e. The molecule has 0 amide bonds. The van der Waals surface area contributed by atoms with Crippen LogP contribution in [-0.2, 0) is 5.75 Å². The third kappa shape index (κ3) is 3.08. The zero-order chi connectivity index (χ0) is 15.7. The van der Waals surface area contributed by atoms with E-state index in [0.717, 1.165) is 5.69 Å². The topological polar surface area (TPSA) is 78.6 Å². The Kier molecular flexibility index (Phi) is 4.04. The van der Waals surface area contributed by atoms with Gasteiger partial charge >= 0.3 is 0 Å². The number of thioether (sulfide) groups is 1. The lowest BCUT2D eigenvalue weighted by atomic mass is 10.2. The first-order valence-electron chi connectivity index (χ1n) is 6.54. The maximum absolute atomic E-state index is 12.1. The van der Waals surface area contributed by atoms with Gasteiger partial charge in [-0.2, -0.15) is 0 Å². The lowest BCUT2D eigenvalue weighted by Gasteiger charge is -2.05. The maximum Gasteiger partial charge on any atom is 0.251 e. The molecule has 2 N–H and O–H groups in total. The summed E-state index contributed by atoms with van der Waals surface area (Å²) in [6, 6.07) is 8.18. The van der Waals surface area contributed by atoms with Crippen molar-refractivity contribution >= 4 is 34.3 Å². The highest BCUT2D eigenvalue weighted by atomic mass is 35.5. The Morgan fingerprint density at radius 2 is 2.05 bits per heavy atom. The van der Waals surface area contributed by atoms with E-state index in [0.29, 0.717) is 32.5 Å². The molecule has 0 radical (unpaired) electrons. The molecule has 0 saturated heterocycles. The third-order valence-corrected chi connectivity index (χ3v) is 4.32. The van der Waals surface area contributed by atoms with E-state index in [9.17, 15) is 9.59 Å². The average Bonchev–Trinajstić information content (AvgIpc) is 2.45. The highest BCUT2D eigenvalue weighted by Crippen LogP contribution is 2.22. The summed E-state index contributed by atoms with van der Waals surface area (Å²) in [6.07, 6.45) is 0. The van der Waals surface area contributed by atoms with Crippen molar-refractivity contribution in [3.8, 4) is 0 Å². The fourth-order valence-electron chi connectivity index (χ4n) is 2.13.